The van der Waals surface area contributed by atoms with Crippen molar-refractivity contribution in [3.8, 4) is 0 Å². The third-order valence-electron chi connectivity index (χ3n) is 2.69. The van der Waals surface area contributed by atoms with Gasteiger partial charge >= 0.3 is 0 Å². The van der Waals surface area contributed by atoms with Gasteiger partial charge in [0.2, 0.25) is 0 Å². The summed E-state index contributed by atoms with van der Waals surface area (Å²) in [6, 6.07) is 17.4. The van der Waals surface area contributed by atoms with Crippen LogP contribution in [0, 0.1) is 4.91 Å². The van der Waals surface area contributed by atoms with Gasteiger partial charge in [-0.2, -0.15) is 4.91 Å². The number of aliphatic hydroxyl groups is 1. The fourth-order valence-electron chi connectivity index (χ4n) is 1.78. The van der Waals surface area contributed by atoms with Gasteiger partial charge in [-0.25, -0.2) is 0 Å². The first-order valence-corrected chi connectivity index (χ1v) is 5.43. The lowest BCUT2D eigenvalue weighted by atomic mass is 9.97. The van der Waals surface area contributed by atoms with Crippen LogP contribution in [0.25, 0.3) is 0 Å². The zero-order valence-electron chi connectivity index (χ0n) is 9.23. The lowest BCUT2D eigenvalue weighted by molar-refractivity contribution is 0.147. The summed E-state index contributed by atoms with van der Waals surface area (Å²) in [7, 11) is 0. The van der Waals surface area contributed by atoms with E-state index < -0.39 is 12.1 Å². The number of hydrogen-bond acceptors (Lipinski definition) is 3. The predicted octanol–water partition coefficient (Wildman–Crippen LogP) is 3.23. The summed E-state index contributed by atoms with van der Waals surface area (Å²) in [6.45, 7) is 0. The molecule has 0 radical (unpaired) electrons. The van der Waals surface area contributed by atoms with Crippen LogP contribution in [-0.2, 0) is 0 Å². The first-order valence-electron chi connectivity index (χ1n) is 5.43. The van der Waals surface area contributed by atoms with Crippen LogP contribution >= 0.6 is 0 Å². The average molecular weight is 227 g/mol. The van der Waals surface area contributed by atoms with Crippen LogP contribution in [0.5, 0.6) is 0 Å². The Morgan fingerprint density at radius 1 is 0.824 bits per heavy atom. The molecular formula is C14H13NO2. The number of nitroso groups, excluding NO2 is 1. The maximum atomic E-state index is 10.9. The van der Waals surface area contributed by atoms with E-state index in [9.17, 15) is 10.0 Å². The van der Waals surface area contributed by atoms with E-state index in [1.165, 1.54) is 0 Å². The molecule has 0 amide bonds. The summed E-state index contributed by atoms with van der Waals surface area (Å²) in [5.74, 6) is 0. The topological polar surface area (TPSA) is 49.7 Å². The van der Waals surface area contributed by atoms with Crippen molar-refractivity contribution in [1.29, 1.82) is 0 Å². The largest absolute Gasteiger partial charge is 0.386 e. The molecule has 0 saturated heterocycles. The molecule has 2 aromatic rings. The van der Waals surface area contributed by atoms with E-state index in [1.54, 1.807) is 24.3 Å². The van der Waals surface area contributed by atoms with Crippen molar-refractivity contribution in [2.45, 2.75) is 12.1 Å². The minimum absolute atomic E-state index is 0.695. The molecule has 1 N–H and O–H groups in total. The number of rotatable bonds is 4. The molecule has 0 fully saturated rings. The number of nitrogens with zero attached hydrogens (tertiary/aromatic N) is 1. The van der Waals surface area contributed by atoms with E-state index in [0.29, 0.717) is 5.56 Å². The number of aliphatic hydroxyl groups excluding tert-OH is 1. The molecule has 2 atom stereocenters. The zero-order valence-corrected chi connectivity index (χ0v) is 9.23. The number of benzene rings is 2. The molecule has 3 nitrogen and oxygen atoms in total. The smallest absolute Gasteiger partial charge is 0.147 e. The van der Waals surface area contributed by atoms with Crippen molar-refractivity contribution in [1.82, 2.24) is 0 Å². The highest BCUT2D eigenvalue weighted by molar-refractivity contribution is 5.26. The molecule has 0 unspecified atom stereocenters. The van der Waals surface area contributed by atoms with Gasteiger partial charge in [0, 0.05) is 0 Å². The zero-order chi connectivity index (χ0) is 12.1. The standard InChI is InChI=1S/C14H13NO2/c16-14(12-9-5-2-6-10-12)13(15-17)11-7-3-1-4-8-11/h1-10,13-14,16H/t13-,14+/m1/s1. The monoisotopic (exact) mass is 227 g/mol. The van der Waals surface area contributed by atoms with Gasteiger partial charge in [0.1, 0.15) is 12.1 Å². The molecule has 0 aliphatic heterocycles. The Kier molecular flexibility index (Phi) is 3.62. The molecule has 86 valence electrons. The van der Waals surface area contributed by atoms with Crippen LogP contribution in [0.2, 0.25) is 0 Å². The highest BCUT2D eigenvalue weighted by Gasteiger charge is 2.23. The summed E-state index contributed by atoms with van der Waals surface area (Å²) in [4.78, 5) is 10.9. The van der Waals surface area contributed by atoms with Gasteiger partial charge in [-0.05, 0) is 11.1 Å². The molecule has 0 spiro atoms. The predicted molar refractivity (Wildman–Crippen MR) is 66.4 cm³/mol. The van der Waals surface area contributed by atoms with Gasteiger partial charge in [0.25, 0.3) is 0 Å². The van der Waals surface area contributed by atoms with E-state index in [0.717, 1.165) is 5.56 Å². The van der Waals surface area contributed by atoms with Gasteiger partial charge in [0.05, 0.1) is 0 Å². The molecule has 0 heterocycles. The van der Waals surface area contributed by atoms with E-state index in [-0.39, 0.29) is 0 Å². The first kappa shape index (κ1) is 11.5. The second kappa shape index (κ2) is 5.37. The Labute approximate surface area is 99.7 Å². The Hall–Kier alpha value is -2.00. The Balaban J connectivity index is 2.28. The summed E-state index contributed by atoms with van der Waals surface area (Å²) in [5.41, 5.74) is 1.42. The molecule has 3 heteroatoms. The summed E-state index contributed by atoms with van der Waals surface area (Å²) >= 11 is 0. The molecule has 2 aromatic carbocycles. The maximum absolute atomic E-state index is 10.9. The fourth-order valence-corrected chi connectivity index (χ4v) is 1.78. The Morgan fingerprint density at radius 3 is 1.76 bits per heavy atom. The van der Waals surface area contributed by atoms with Crippen molar-refractivity contribution in [2.75, 3.05) is 0 Å². The second-order valence-corrected chi connectivity index (χ2v) is 3.82. The lowest BCUT2D eigenvalue weighted by Crippen LogP contribution is -2.08. The van der Waals surface area contributed by atoms with Crippen molar-refractivity contribution < 1.29 is 5.11 Å². The third kappa shape index (κ3) is 2.57. The van der Waals surface area contributed by atoms with Crippen molar-refractivity contribution >= 4 is 0 Å². The first-order chi connectivity index (χ1) is 8.33. The number of hydrogen-bond donors (Lipinski definition) is 1. The quantitative estimate of drug-likeness (QED) is 0.815. The van der Waals surface area contributed by atoms with Gasteiger partial charge in [0.15, 0.2) is 0 Å². The summed E-state index contributed by atoms with van der Waals surface area (Å²) < 4.78 is 0. The summed E-state index contributed by atoms with van der Waals surface area (Å²) in [6.07, 6.45) is -0.906. The molecule has 17 heavy (non-hydrogen) atoms. The van der Waals surface area contributed by atoms with Gasteiger partial charge < -0.3 is 5.11 Å². The fraction of sp³-hybridized carbons (Fsp3) is 0.143. The Bertz CT molecular complexity index is 470. The van der Waals surface area contributed by atoms with Crippen molar-refractivity contribution in [3.05, 3.63) is 76.7 Å². The second-order valence-electron chi connectivity index (χ2n) is 3.82. The SMILES string of the molecule is O=N[C@H](c1ccccc1)[C@@H](O)c1ccccc1. The van der Waals surface area contributed by atoms with E-state index in [4.69, 9.17) is 0 Å². The van der Waals surface area contributed by atoms with Gasteiger partial charge in [-0.15, -0.1) is 0 Å². The van der Waals surface area contributed by atoms with Gasteiger partial charge in [-0.3, -0.25) is 0 Å². The van der Waals surface area contributed by atoms with Crippen molar-refractivity contribution in [3.63, 3.8) is 0 Å². The highest BCUT2D eigenvalue weighted by atomic mass is 16.3. The molecular weight excluding hydrogens is 214 g/mol. The molecule has 0 aliphatic rings. The summed E-state index contributed by atoms with van der Waals surface area (Å²) in [5, 5.41) is 13.2. The molecule has 0 bridgehead atoms. The van der Waals surface area contributed by atoms with Crippen LogP contribution < -0.4 is 0 Å². The molecule has 0 aromatic heterocycles. The lowest BCUT2D eigenvalue weighted by Gasteiger charge is -2.16. The van der Waals surface area contributed by atoms with E-state index in [2.05, 4.69) is 5.18 Å². The third-order valence-corrected chi connectivity index (χ3v) is 2.69. The van der Waals surface area contributed by atoms with Crippen molar-refractivity contribution in [2.24, 2.45) is 5.18 Å². The molecule has 0 aliphatic carbocycles. The highest BCUT2D eigenvalue weighted by Crippen LogP contribution is 2.31. The van der Waals surface area contributed by atoms with Crippen LogP contribution in [0.3, 0.4) is 0 Å². The molecule has 2 rings (SSSR count). The maximum Gasteiger partial charge on any atom is 0.147 e. The van der Waals surface area contributed by atoms with Crippen LogP contribution in [0.4, 0.5) is 0 Å². The molecule has 0 saturated carbocycles. The van der Waals surface area contributed by atoms with Crippen LogP contribution in [-0.4, -0.2) is 5.11 Å². The van der Waals surface area contributed by atoms with Crippen LogP contribution in [0.15, 0.2) is 65.8 Å². The Morgan fingerprint density at radius 2 is 1.29 bits per heavy atom. The van der Waals surface area contributed by atoms with Crippen LogP contribution in [0.1, 0.15) is 23.3 Å². The normalized spacial score (nSPS) is 13.9. The minimum atomic E-state index is -0.906. The minimum Gasteiger partial charge on any atom is -0.386 e. The van der Waals surface area contributed by atoms with Gasteiger partial charge in [-0.1, -0.05) is 65.8 Å². The average Bonchev–Trinajstić information content (AvgIpc) is 2.42. The van der Waals surface area contributed by atoms with E-state index in [1.807, 2.05) is 36.4 Å². The van der Waals surface area contributed by atoms with E-state index >= 15 is 0 Å².